The average Bonchev–Trinajstić information content (AvgIpc) is 2.39. The Bertz CT molecular complexity index is 532. The van der Waals surface area contributed by atoms with Crippen LogP contribution >= 0.6 is 0 Å². The van der Waals surface area contributed by atoms with Crippen molar-refractivity contribution in [3.8, 4) is 11.1 Å². The van der Waals surface area contributed by atoms with Gasteiger partial charge in [0.2, 0.25) is 0 Å². The fourth-order valence-corrected chi connectivity index (χ4v) is 1.94. The lowest BCUT2D eigenvalue weighted by molar-refractivity contribution is 0.0697. The van der Waals surface area contributed by atoms with Crippen molar-refractivity contribution >= 4 is 17.0 Å². The van der Waals surface area contributed by atoms with E-state index in [9.17, 15) is 9.00 Å². The molecule has 1 unspecified atom stereocenters. The molecule has 92 valence electrons. The van der Waals surface area contributed by atoms with Crippen LogP contribution in [-0.2, 0) is 11.1 Å². The van der Waals surface area contributed by atoms with Gasteiger partial charge in [0.05, 0.1) is 10.5 Å². The second kappa shape index (κ2) is 5.12. The highest BCUT2D eigenvalue weighted by Crippen LogP contribution is 2.21. The van der Waals surface area contributed by atoms with E-state index in [1.807, 2.05) is 0 Å². The van der Waals surface area contributed by atoms with Crippen molar-refractivity contribution in [1.82, 2.24) is 0 Å². The van der Waals surface area contributed by atoms with E-state index in [1.165, 1.54) is 12.1 Å². The van der Waals surface area contributed by atoms with Crippen LogP contribution in [0.15, 0.2) is 53.4 Å². The third-order valence-corrected chi connectivity index (χ3v) is 3.20. The molecule has 2 aromatic carbocycles. The predicted molar refractivity (Wildman–Crippen MR) is 67.9 cm³/mol. The number of benzene rings is 2. The number of rotatable bonds is 3. The monoisotopic (exact) mass is 262 g/mol. The van der Waals surface area contributed by atoms with Gasteiger partial charge in [0.1, 0.15) is 0 Å². The highest BCUT2D eigenvalue weighted by atomic mass is 32.2. The number of hydrogen-bond donors (Lipinski definition) is 2. The summed E-state index contributed by atoms with van der Waals surface area (Å²) in [6, 6.07) is 13.0. The van der Waals surface area contributed by atoms with Crippen molar-refractivity contribution < 1.29 is 18.7 Å². The van der Waals surface area contributed by atoms with Crippen LogP contribution in [0.3, 0.4) is 0 Å². The van der Waals surface area contributed by atoms with Crippen LogP contribution in [0, 0.1) is 0 Å². The van der Waals surface area contributed by atoms with E-state index >= 15 is 0 Å². The molecule has 0 heterocycles. The van der Waals surface area contributed by atoms with E-state index in [-0.39, 0.29) is 5.56 Å². The number of carboxylic acid groups (broad SMARTS) is 1. The Kier molecular flexibility index (Phi) is 3.55. The first-order chi connectivity index (χ1) is 8.58. The maximum absolute atomic E-state index is 10.8. The van der Waals surface area contributed by atoms with Crippen LogP contribution in [0.2, 0.25) is 0 Å². The molecule has 0 saturated heterocycles. The minimum absolute atomic E-state index is 0.229. The first kappa shape index (κ1) is 12.5. The summed E-state index contributed by atoms with van der Waals surface area (Å²) in [5.74, 6) is -0.965. The van der Waals surface area contributed by atoms with E-state index in [2.05, 4.69) is 0 Å². The molecule has 0 amide bonds. The van der Waals surface area contributed by atoms with Crippen LogP contribution < -0.4 is 0 Å². The molecule has 4 nitrogen and oxygen atoms in total. The van der Waals surface area contributed by atoms with Gasteiger partial charge in [0.15, 0.2) is 11.1 Å². The topological polar surface area (TPSA) is 74.6 Å². The van der Waals surface area contributed by atoms with Gasteiger partial charge in [-0.1, -0.05) is 24.3 Å². The van der Waals surface area contributed by atoms with E-state index in [4.69, 9.17) is 9.66 Å². The highest BCUT2D eigenvalue weighted by Gasteiger charge is 2.04. The third kappa shape index (κ3) is 2.64. The maximum atomic E-state index is 10.8. The van der Waals surface area contributed by atoms with Gasteiger partial charge in [0, 0.05) is 0 Å². The highest BCUT2D eigenvalue weighted by molar-refractivity contribution is 7.79. The molecular weight excluding hydrogens is 252 g/mol. The number of carboxylic acids is 1. The van der Waals surface area contributed by atoms with E-state index in [0.29, 0.717) is 4.90 Å². The summed E-state index contributed by atoms with van der Waals surface area (Å²) in [7, 11) is 0. The van der Waals surface area contributed by atoms with Crippen molar-refractivity contribution in [3.63, 3.8) is 0 Å². The fraction of sp³-hybridized carbons (Fsp3) is 0. The second-order valence-corrected chi connectivity index (χ2v) is 4.63. The predicted octanol–water partition coefficient (Wildman–Crippen LogP) is 2.63. The molecule has 2 N–H and O–H groups in total. The van der Waals surface area contributed by atoms with Gasteiger partial charge in [-0.05, 0) is 35.4 Å². The quantitative estimate of drug-likeness (QED) is 0.834. The molecule has 0 radical (unpaired) electrons. The lowest BCUT2D eigenvalue weighted by Gasteiger charge is -2.03. The molecule has 0 aliphatic carbocycles. The minimum Gasteiger partial charge on any atom is -0.478 e. The van der Waals surface area contributed by atoms with Crippen molar-refractivity contribution in [2.75, 3.05) is 0 Å². The van der Waals surface area contributed by atoms with Gasteiger partial charge in [-0.25, -0.2) is 9.00 Å². The molecule has 0 saturated carbocycles. The van der Waals surface area contributed by atoms with Gasteiger partial charge in [-0.2, -0.15) is 0 Å². The molecular formula is C13H10O4S. The van der Waals surface area contributed by atoms with Crippen molar-refractivity contribution in [3.05, 3.63) is 54.1 Å². The molecule has 0 bridgehead atoms. The number of carbonyl (C=O) groups is 1. The summed E-state index contributed by atoms with van der Waals surface area (Å²) >= 11 is -1.98. The SMILES string of the molecule is O=C(O)c1ccc(-c2ccc(S(=O)O)cc2)cc1. The van der Waals surface area contributed by atoms with Crippen LogP contribution in [0.4, 0.5) is 0 Å². The zero-order valence-corrected chi connectivity index (χ0v) is 10.1. The standard InChI is InChI=1S/C13H10O4S/c14-13(15)11-3-1-9(2-4-11)10-5-7-12(8-6-10)18(16)17/h1-8H,(H,14,15)(H,16,17). The van der Waals surface area contributed by atoms with Crippen LogP contribution in [0.5, 0.6) is 0 Å². The minimum atomic E-state index is -1.98. The van der Waals surface area contributed by atoms with Crippen molar-refractivity contribution in [2.45, 2.75) is 4.90 Å². The molecule has 0 aliphatic heterocycles. The Morgan fingerprint density at radius 1 is 0.889 bits per heavy atom. The van der Waals surface area contributed by atoms with Gasteiger partial charge < -0.3 is 9.66 Å². The van der Waals surface area contributed by atoms with E-state index in [1.54, 1.807) is 36.4 Å². The summed E-state index contributed by atoms with van der Waals surface area (Å²) in [6.07, 6.45) is 0. The summed E-state index contributed by atoms with van der Waals surface area (Å²) in [5.41, 5.74) is 1.95. The number of hydrogen-bond acceptors (Lipinski definition) is 2. The molecule has 18 heavy (non-hydrogen) atoms. The number of aromatic carboxylic acids is 1. The van der Waals surface area contributed by atoms with Gasteiger partial charge in [0.25, 0.3) is 0 Å². The average molecular weight is 262 g/mol. The molecule has 0 aliphatic rings. The van der Waals surface area contributed by atoms with E-state index < -0.39 is 17.0 Å². The normalized spacial score (nSPS) is 12.1. The summed E-state index contributed by atoms with van der Waals surface area (Å²) in [4.78, 5) is 11.0. The van der Waals surface area contributed by atoms with Crippen LogP contribution in [0.25, 0.3) is 11.1 Å². The Balaban J connectivity index is 2.31. The van der Waals surface area contributed by atoms with Crippen molar-refractivity contribution in [1.29, 1.82) is 0 Å². The summed E-state index contributed by atoms with van der Waals surface area (Å²) < 4.78 is 19.7. The molecule has 0 spiro atoms. The lowest BCUT2D eigenvalue weighted by atomic mass is 10.0. The molecule has 0 aromatic heterocycles. The van der Waals surface area contributed by atoms with Gasteiger partial charge in [-0.15, -0.1) is 0 Å². The van der Waals surface area contributed by atoms with Gasteiger partial charge in [-0.3, -0.25) is 0 Å². The maximum Gasteiger partial charge on any atom is 0.335 e. The third-order valence-electron chi connectivity index (χ3n) is 2.52. The first-order valence-electron chi connectivity index (χ1n) is 5.12. The van der Waals surface area contributed by atoms with E-state index in [0.717, 1.165) is 11.1 Å². The Morgan fingerprint density at radius 2 is 1.33 bits per heavy atom. The Labute approximate surface area is 106 Å². The molecule has 1 atom stereocenters. The largest absolute Gasteiger partial charge is 0.478 e. The Hall–Kier alpha value is -1.98. The summed E-state index contributed by atoms with van der Waals surface area (Å²) in [6.45, 7) is 0. The molecule has 2 rings (SSSR count). The van der Waals surface area contributed by atoms with Crippen molar-refractivity contribution in [2.24, 2.45) is 0 Å². The molecule has 0 fully saturated rings. The van der Waals surface area contributed by atoms with Crippen LogP contribution in [0.1, 0.15) is 10.4 Å². The first-order valence-corrected chi connectivity index (χ1v) is 6.23. The fourth-order valence-electron chi connectivity index (χ4n) is 1.57. The Morgan fingerprint density at radius 3 is 1.72 bits per heavy atom. The van der Waals surface area contributed by atoms with Gasteiger partial charge >= 0.3 is 5.97 Å². The second-order valence-electron chi connectivity index (χ2n) is 3.66. The molecule has 2 aromatic rings. The zero-order valence-electron chi connectivity index (χ0n) is 9.24. The zero-order chi connectivity index (χ0) is 13.1. The summed E-state index contributed by atoms with van der Waals surface area (Å²) in [5, 5.41) is 8.78. The smallest absolute Gasteiger partial charge is 0.335 e. The van der Waals surface area contributed by atoms with Crippen LogP contribution in [-0.4, -0.2) is 19.8 Å². The molecule has 5 heteroatoms. The lowest BCUT2D eigenvalue weighted by Crippen LogP contribution is -1.95.